The van der Waals surface area contributed by atoms with Crippen LogP contribution in [0.1, 0.15) is 0 Å². The number of aromatic amines is 1. The number of hydrogen-bond donors (Lipinski definition) is 2. The number of nitrogen functional groups attached to an aromatic ring is 1. The number of pyridine rings is 1. The molecule has 3 heterocycles. The second kappa shape index (κ2) is 5.37. The van der Waals surface area contributed by atoms with Crippen molar-refractivity contribution in [2.75, 3.05) is 5.73 Å². The fourth-order valence-corrected chi connectivity index (χ4v) is 2.87. The minimum Gasteiger partial charge on any atom is -0.368 e. The van der Waals surface area contributed by atoms with Gasteiger partial charge < -0.3 is 10.7 Å². The Labute approximate surface area is 137 Å². The maximum Gasteiger partial charge on any atom is 0.220 e. The number of benzene rings is 1. The number of fused-ring (bicyclic) bond motifs is 1. The highest BCUT2D eigenvalue weighted by atomic mass is 35.5. The van der Waals surface area contributed by atoms with Crippen LogP contribution in [0.3, 0.4) is 0 Å². The zero-order valence-electron chi connectivity index (χ0n) is 12.0. The van der Waals surface area contributed by atoms with Gasteiger partial charge in [-0.25, -0.2) is 15.0 Å². The van der Waals surface area contributed by atoms with Crippen LogP contribution in [-0.2, 0) is 0 Å². The first-order valence-corrected chi connectivity index (χ1v) is 7.41. The van der Waals surface area contributed by atoms with Gasteiger partial charge in [0.15, 0.2) is 0 Å². The fourth-order valence-electron chi connectivity index (χ4n) is 2.68. The summed E-state index contributed by atoms with van der Waals surface area (Å²) in [7, 11) is 0. The normalized spacial score (nSPS) is 11.0. The number of H-pyrrole nitrogens is 1. The van der Waals surface area contributed by atoms with Gasteiger partial charge in [0, 0.05) is 34.6 Å². The third-order valence-electron chi connectivity index (χ3n) is 3.66. The molecule has 23 heavy (non-hydrogen) atoms. The summed E-state index contributed by atoms with van der Waals surface area (Å²) in [4.78, 5) is 15.8. The molecule has 0 saturated carbocycles. The summed E-state index contributed by atoms with van der Waals surface area (Å²) in [6.45, 7) is 0. The second-order valence-corrected chi connectivity index (χ2v) is 5.53. The Bertz CT molecular complexity index is 1010. The molecule has 0 amide bonds. The van der Waals surface area contributed by atoms with Crippen LogP contribution in [0.25, 0.3) is 33.4 Å². The minimum atomic E-state index is 0.241. The Morgan fingerprint density at radius 3 is 2.70 bits per heavy atom. The summed E-state index contributed by atoms with van der Waals surface area (Å²) in [5, 5.41) is 1.67. The highest BCUT2D eigenvalue weighted by Gasteiger charge is 2.14. The van der Waals surface area contributed by atoms with Crippen LogP contribution in [0.15, 0.2) is 55.0 Å². The van der Waals surface area contributed by atoms with E-state index in [9.17, 15) is 0 Å². The van der Waals surface area contributed by atoms with Crippen molar-refractivity contribution < 1.29 is 0 Å². The van der Waals surface area contributed by atoms with Crippen molar-refractivity contribution in [3.63, 3.8) is 0 Å². The summed E-state index contributed by atoms with van der Waals surface area (Å²) in [6.07, 6.45) is 5.30. The predicted octanol–water partition coefficient (Wildman–Crippen LogP) is 3.92. The van der Waals surface area contributed by atoms with Crippen LogP contribution in [-0.4, -0.2) is 19.9 Å². The molecule has 1 aromatic carbocycles. The van der Waals surface area contributed by atoms with Crippen molar-refractivity contribution in [3.8, 4) is 22.4 Å². The number of nitrogens with zero attached hydrogens (tertiary/aromatic N) is 3. The molecule has 0 bridgehead atoms. The molecule has 3 N–H and O–H groups in total. The maximum atomic E-state index is 6.14. The van der Waals surface area contributed by atoms with Gasteiger partial charge in [-0.2, -0.15) is 0 Å². The van der Waals surface area contributed by atoms with Gasteiger partial charge in [-0.3, -0.25) is 0 Å². The Morgan fingerprint density at radius 2 is 1.87 bits per heavy atom. The van der Waals surface area contributed by atoms with Gasteiger partial charge in [-0.1, -0.05) is 23.7 Å². The largest absolute Gasteiger partial charge is 0.368 e. The van der Waals surface area contributed by atoms with Crippen molar-refractivity contribution in [1.82, 2.24) is 19.9 Å². The molecule has 0 radical (unpaired) electrons. The van der Waals surface area contributed by atoms with Crippen LogP contribution in [0.5, 0.6) is 0 Å². The summed E-state index contributed by atoms with van der Waals surface area (Å²) in [5.41, 5.74) is 10.2. The SMILES string of the molecule is Nc1nccc(-c2c[nH]c3nccc(-c4cccc(Cl)c4)c23)n1. The molecule has 0 spiro atoms. The quantitative estimate of drug-likeness (QED) is 0.586. The molecular weight excluding hydrogens is 310 g/mol. The van der Waals surface area contributed by atoms with E-state index in [-0.39, 0.29) is 5.95 Å². The van der Waals surface area contributed by atoms with Gasteiger partial charge >= 0.3 is 0 Å². The van der Waals surface area contributed by atoms with Crippen LogP contribution in [0, 0.1) is 0 Å². The molecule has 0 aliphatic heterocycles. The Kier molecular flexibility index (Phi) is 3.20. The smallest absolute Gasteiger partial charge is 0.220 e. The van der Waals surface area contributed by atoms with E-state index < -0.39 is 0 Å². The number of nitrogens with two attached hydrogens (primary N) is 1. The van der Waals surface area contributed by atoms with E-state index in [0.29, 0.717) is 5.02 Å². The highest BCUT2D eigenvalue weighted by Crippen LogP contribution is 2.35. The third-order valence-corrected chi connectivity index (χ3v) is 3.89. The van der Waals surface area contributed by atoms with Crippen LogP contribution < -0.4 is 5.73 Å². The molecular formula is C17H12ClN5. The first-order valence-electron chi connectivity index (χ1n) is 7.03. The summed E-state index contributed by atoms with van der Waals surface area (Å²) < 4.78 is 0. The van der Waals surface area contributed by atoms with E-state index in [1.807, 2.05) is 42.6 Å². The van der Waals surface area contributed by atoms with Crippen molar-refractivity contribution in [2.45, 2.75) is 0 Å². The summed E-state index contributed by atoms with van der Waals surface area (Å²) in [5.74, 6) is 0.241. The lowest BCUT2D eigenvalue weighted by molar-refractivity contribution is 1.19. The lowest BCUT2D eigenvalue weighted by Gasteiger charge is -2.07. The van der Waals surface area contributed by atoms with E-state index in [1.165, 1.54) is 0 Å². The standard InChI is InChI=1S/C17H12ClN5/c18-11-3-1-2-10(8-11)12-4-6-20-16-15(12)13(9-22-16)14-5-7-21-17(19)23-14/h1-9H,(H,20,22)(H2,19,21,23). The molecule has 6 heteroatoms. The molecule has 0 atom stereocenters. The van der Waals surface area contributed by atoms with Crippen LogP contribution in [0.4, 0.5) is 5.95 Å². The minimum absolute atomic E-state index is 0.241. The van der Waals surface area contributed by atoms with Gasteiger partial charge in [-0.05, 0) is 35.4 Å². The van der Waals surface area contributed by atoms with Crippen molar-refractivity contribution in [2.24, 2.45) is 0 Å². The van der Waals surface area contributed by atoms with Gasteiger partial charge in [-0.15, -0.1) is 0 Å². The molecule has 0 unspecified atom stereocenters. The summed E-state index contributed by atoms with van der Waals surface area (Å²) >= 11 is 6.14. The lowest BCUT2D eigenvalue weighted by atomic mass is 10.0. The summed E-state index contributed by atoms with van der Waals surface area (Å²) in [6, 6.07) is 11.5. The zero-order chi connectivity index (χ0) is 15.8. The van der Waals surface area contributed by atoms with E-state index >= 15 is 0 Å². The molecule has 4 rings (SSSR count). The van der Waals surface area contributed by atoms with E-state index in [1.54, 1.807) is 12.4 Å². The number of hydrogen-bond acceptors (Lipinski definition) is 4. The second-order valence-electron chi connectivity index (χ2n) is 5.09. The lowest BCUT2D eigenvalue weighted by Crippen LogP contribution is -1.95. The van der Waals surface area contributed by atoms with Crippen molar-refractivity contribution in [1.29, 1.82) is 0 Å². The first kappa shape index (κ1) is 13.7. The van der Waals surface area contributed by atoms with Crippen molar-refractivity contribution in [3.05, 3.63) is 60.0 Å². The molecule has 3 aromatic heterocycles. The Morgan fingerprint density at radius 1 is 1.00 bits per heavy atom. The first-order chi connectivity index (χ1) is 11.2. The molecule has 0 fully saturated rings. The molecule has 0 aliphatic carbocycles. The number of halogens is 1. The van der Waals surface area contributed by atoms with Gasteiger partial charge in [0.25, 0.3) is 0 Å². The molecule has 112 valence electrons. The number of rotatable bonds is 2. The fraction of sp³-hybridized carbons (Fsp3) is 0. The van der Waals surface area contributed by atoms with Crippen LogP contribution in [0.2, 0.25) is 5.02 Å². The van der Waals surface area contributed by atoms with E-state index in [4.69, 9.17) is 17.3 Å². The Balaban J connectivity index is 2.01. The Hall–Kier alpha value is -2.92. The van der Waals surface area contributed by atoms with Crippen LogP contribution >= 0.6 is 11.6 Å². The number of aromatic nitrogens is 4. The van der Waals surface area contributed by atoms with E-state index in [2.05, 4.69) is 19.9 Å². The maximum absolute atomic E-state index is 6.14. The third kappa shape index (κ3) is 2.41. The average Bonchev–Trinajstić information content (AvgIpc) is 2.99. The zero-order valence-corrected chi connectivity index (χ0v) is 12.7. The average molecular weight is 322 g/mol. The monoisotopic (exact) mass is 321 g/mol. The number of anilines is 1. The predicted molar refractivity (Wildman–Crippen MR) is 92.0 cm³/mol. The molecule has 4 aromatic rings. The van der Waals surface area contributed by atoms with Gasteiger partial charge in [0.1, 0.15) is 5.65 Å². The number of nitrogens with one attached hydrogen (secondary N) is 1. The topological polar surface area (TPSA) is 80.5 Å². The van der Waals surface area contributed by atoms with Gasteiger partial charge in [0.2, 0.25) is 5.95 Å². The molecule has 0 saturated heterocycles. The van der Waals surface area contributed by atoms with E-state index in [0.717, 1.165) is 33.4 Å². The molecule has 0 aliphatic rings. The van der Waals surface area contributed by atoms with Gasteiger partial charge in [0.05, 0.1) is 5.69 Å². The molecule has 5 nitrogen and oxygen atoms in total. The van der Waals surface area contributed by atoms with Crippen molar-refractivity contribution >= 4 is 28.6 Å². The highest BCUT2D eigenvalue weighted by molar-refractivity contribution is 6.31.